The average molecular weight is 420 g/mol. The monoisotopic (exact) mass is 420 g/mol. The zero-order chi connectivity index (χ0) is 21.8. The number of aryl methyl sites for hydroxylation is 2. The molecule has 1 saturated heterocycles. The van der Waals surface area contributed by atoms with Gasteiger partial charge in [0.2, 0.25) is 11.8 Å². The summed E-state index contributed by atoms with van der Waals surface area (Å²) in [5.74, 6) is -1.11. The van der Waals surface area contributed by atoms with Gasteiger partial charge in [-0.3, -0.25) is 14.3 Å². The molecule has 2 amide bonds. The Balaban J connectivity index is 1.45. The van der Waals surface area contributed by atoms with Crippen molar-refractivity contribution in [1.82, 2.24) is 14.7 Å². The minimum absolute atomic E-state index is 0.0490. The molecule has 1 aliphatic heterocycles. The molecule has 2 atom stereocenters. The summed E-state index contributed by atoms with van der Waals surface area (Å²) >= 11 is 0. The first-order chi connectivity index (χ1) is 15.0. The molecule has 6 nitrogen and oxygen atoms in total. The molecule has 2 unspecified atom stereocenters. The SMILES string of the molecule is CN1C(=O)CCC(C(=O)Nc2cnn(CCc3ccccc3)c2)C1c1cccc(F)c1. The predicted octanol–water partition coefficient (Wildman–Crippen LogP) is 3.81. The summed E-state index contributed by atoms with van der Waals surface area (Å²) in [6.45, 7) is 0.701. The molecule has 2 aromatic carbocycles. The molecule has 2 heterocycles. The highest BCUT2D eigenvalue weighted by Gasteiger charge is 2.39. The van der Waals surface area contributed by atoms with E-state index in [2.05, 4.69) is 22.5 Å². The molecule has 4 rings (SSSR count). The normalized spacial score (nSPS) is 18.8. The Kier molecular flexibility index (Phi) is 6.11. The van der Waals surface area contributed by atoms with Crippen LogP contribution in [0.5, 0.6) is 0 Å². The Morgan fingerprint density at radius 3 is 2.77 bits per heavy atom. The first-order valence-electron chi connectivity index (χ1n) is 10.4. The van der Waals surface area contributed by atoms with Crippen LogP contribution in [0.3, 0.4) is 0 Å². The van der Waals surface area contributed by atoms with E-state index in [-0.39, 0.29) is 24.1 Å². The van der Waals surface area contributed by atoms with Gasteiger partial charge in [-0.1, -0.05) is 42.5 Å². The highest BCUT2D eigenvalue weighted by Crippen LogP contribution is 2.36. The first-order valence-corrected chi connectivity index (χ1v) is 10.4. The summed E-state index contributed by atoms with van der Waals surface area (Å²) in [6.07, 6.45) is 4.97. The van der Waals surface area contributed by atoms with Crippen LogP contribution in [0.15, 0.2) is 67.0 Å². The summed E-state index contributed by atoms with van der Waals surface area (Å²) in [6, 6.07) is 15.7. The standard InChI is InChI=1S/C24H25FN4O2/c1-28-22(30)11-10-21(23(28)18-8-5-9-19(25)14-18)24(31)27-20-15-26-29(16-20)13-12-17-6-3-2-4-7-17/h2-9,14-16,21,23H,10-13H2,1H3,(H,27,31). The Morgan fingerprint density at radius 1 is 1.19 bits per heavy atom. The van der Waals surface area contributed by atoms with Crippen LogP contribution in [-0.2, 0) is 22.6 Å². The van der Waals surface area contributed by atoms with Gasteiger partial charge in [-0.25, -0.2) is 4.39 Å². The van der Waals surface area contributed by atoms with Crippen molar-refractivity contribution < 1.29 is 14.0 Å². The first kappa shape index (κ1) is 20.8. The number of rotatable bonds is 6. The molecule has 160 valence electrons. The van der Waals surface area contributed by atoms with Gasteiger partial charge in [-0.2, -0.15) is 5.10 Å². The molecule has 0 radical (unpaired) electrons. The fraction of sp³-hybridized carbons (Fsp3) is 0.292. The third kappa shape index (κ3) is 4.82. The minimum atomic E-state index is -0.509. The number of carbonyl (C=O) groups excluding carboxylic acids is 2. The Bertz CT molecular complexity index is 1070. The molecule has 1 N–H and O–H groups in total. The number of nitrogens with one attached hydrogen (secondary N) is 1. The number of hydrogen-bond acceptors (Lipinski definition) is 3. The smallest absolute Gasteiger partial charge is 0.230 e. The zero-order valence-electron chi connectivity index (χ0n) is 17.4. The molecular weight excluding hydrogens is 395 g/mol. The molecular formula is C24H25FN4O2. The molecule has 7 heteroatoms. The van der Waals surface area contributed by atoms with Crippen LogP contribution in [0, 0.1) is 11.7 Å². The van der Waals surface area contributed by atoms with Gasteiger partial charge in [0.15, 0.2) is 0 Å². The third-order valence-corrected chi connectivity index (χ3v) is 5.76. The van der Waals surface area contributed by atoms with Crippen molar-refractivity contribution in [3.05, 3.63) is 83.9 Å². The van der Waals surface area contributed by atoms with Gasteiger partial charge in [0.1, 0.15) is 5.82 Å². The number of piperidine rings is 1. The number of carbonyl (C=O) groups is 2. The Morgan fingerprint density at radius 2 is 2.00 bits per heavy atom. The van der Waals surface area contributed by atoms with Gasteiger partial charge in [-0.05, 0) is 36.1 Å². The number of aromatic nitrogens is 2. The Labute approximate surface area is 180 Å². The van der Waals surface area contributed by atoms with Gasteiger partial charge in [-0.15, -0.1) is 0 Å². The molecule has 1 aliphatic rings. The largest absolute Gasteiger partial charge is 0.338 e. The topological polar surface area (TPSA) is 67.2 Å². The van der Waals surface area contributed by atoms with Gasteiger partial charge in [0.05, 0.1) is 23.8 Å². The highest BCUT2D eigenvalue weighted by molar-refractivity contribution is 5.94. The second-order valence-electron chi connectivity index (χ2n) is 7.87. The maximum Gasteiger partial charge on any atom is 0.230 e. The van der Waals surface area contributed by atoms with E-state index >= 15 is 0 Å². The minimum Gasteiger partial charge on any atom is -0.338 e. The lowest BCUT2D eigenvalue weighted by Gasteiger charge is -2.38. The van der Waals surface area contributed by atoms with E-state index in [1.54, 1.807) is 41.2 Å². The van der Waals surface area contributed by atoms with Crippen LogP contribution in [0.1, 0.15) is 30.0 Å². The van der Waals surface area contributed by atoms with Crippen LogP contribution in [0.25, 0.3) is 0 Å². The fourth-order valence-electron chi connectivity index (χ4n) is 4.13. The van der Waals surface area contributed by atoms with E-state index in [9.17, 15) is 14.0 Å². The fourth-order valence-corrected chi connectivity index (χ4v) is 4.13. The lowest BCUT2D eigenvalue weighted by molar-refractivity contribution is -0.140. The second-order valence-corrected chi connectivity index (χ2v) is 7.87. The second kappa shape index (κ2) is 9.12. The molecule has 3 aromatic rings. The van der Waals surface area contributed by atoms with Gasteiger partial charge in [0, 0.05) is 26.2 Å². The van der Waals surface area contributed by atoms with Crippen LogP contribution in [0.2, 0.25) is 0 Å². The number of likely N-dealkylation sites (tertiary alicyclic amines) is 1. The van der Waals surface area contributed by atoms with Crippen LogP contribution in [-0.4, -0.2) is 33.5 Å². The molecule has 0 aliphatic carbocycles. The summed E-state index contributed by atoms with van der Waals surface area (Å²) in [7, 11) is 1.67. The molecule has 0 spiro atoms. The van der Waals surface area contributed by atoms with E-state index in [0.29, 0.717) is 24.2 Å². The van der Waals surface area contributed by atoms with Gasteiger partial charge >= 0.3 is 0 Å². The number of anilines is 1. The van der Waals surface area contributed by atoms with E-state index in [1.165, 1.54) is 17.7 Å². The zero-order valence-corrected chi connectivity index (χ0v) is 17.4. The molecule has 0 saturated carbocycles. The summed E-state index contributed by atoms with van der Waals surface area (Å²) in [5.41, 5.74) is 2.45. The molecule has 0 bridgehead atoms. The quantitative estimate of drug-likeness (QED) is 0.659. The van der Waals surface area contributed by atoms with Crippen molar-refractivity contribution in [3.8, 4) is 0 Å². The van der Waals surface area contributed by atoms with Crippen LogP contribution in [0.4, 0.5) is 10.1 Å². The lowest BCUT2D eigenvalue weighted by atomic mass is 9.84. The maximum atomic E-state index is 13.8. The number of nitrogens with zero attached hydrogens (tertiary/aromatic N) is 3. The van der Waals surface area contributed by atoms with E-state index in [1.807, 2.05) is 18.2 Å². The summed E-state index contributed by atoms with van der Waals surface area (Å²) in [4.78, 5) is 26.9. The van der Waals surface area contributed by atoms with Crippen molar-refractivity contribution >= 4 is 17.5 Å². The molecule has 31 heavy (non-hydrogen) atoms. The van der Waals surface area contributed by atoms with Crippen LogP contribution < -0.4 is 5.32 Å². The number of halogens is 1. The van der Waals surface area contributed by atoms with Crippen molar-refractivity contribution in [2.45, 2.75) is 31.8 Å². The summed E-state index contributed by atoms with van der Waals surface area (Å²) < 4.78 is 15.6. The van der Waals surface area contributed by atoms with Gasteiger partial charge < -0.3 is 10.2 Å². The van der Waals surface area contributed by atoms with Crippen molar-refractivity contribution in [1.29, 1.82) is 0 Å². The highest BCUT2D eigenvalue weighted by atomic mass is 19.1. The number of hydrogen-bond donors (Lipinski definition) is 1. The lowest BCUT2D eigenvalue weighted by Crippen LogP contribution is -2.44. The van der Waals surface area contributed by atoms with E-state index < -0.39 is 12.0 Å². The van der Waals surface area contributed by atoms with Crippen molar-refractivity contribution in [2.75, 3.05) is 12.4 Å². The van der Waals surface area contributed by atoms with Gasteiger partial charge in [0.25, 0.3) is 0 Å². The number of amides is 2. The number of benzene rings is 2. The Hall–Kier alpha value is -3.48. The van der Waals surface area contributed by atoms with Crippen LogP contribution >= 0.6 is 0 Å². The average Bonchev–Trinajstić information content (AvgIpc) is 3.22. The maximum absolute atomic E-state index is 13.8. The van der Waals surface area contributed by atoms with E-state index in [0.717, 1.165) is 6.42 Å². The van der Waals surface area contributed by atoms with Crippen molar-refractivity contribution in [3.63, 3.8) is 0 Å². The third-order valence-electron chi connectivity index (χ3n) is 5.76. The van der Waals surface area contributed by atoms with E-state index in [4.69, 9.17) is 0 Å². The molecule has 1 aromatic heterocycles. The molecule has 1 fully saturated rings. The van der Waals surface area contributed by atoms with Crippen molar-refractivity contribution in [2.24, 2.45) is 5.92 Å². The summed E-state index contributed by atoms with van der Waals surface area (Å²) in [5, 5.41) is 7.26. The predicted molar refractivity (Wildman–Crippen MR) is 116 cm³/mol.